The minimum Gasteiger partial charge on any atom is -0.493 e. The van der Waals surface area contributed by atoms with Crippen molar-refractivity contribution < 1.29 is 28.4 Å². The predicted molar refractivity (Wildman–Crippen MR) is 168 cm³/mol. The van der Waals surface area contributed by atoms with Gasteiger partial charge in [0.2, 0.25) is 5.88 Å². The second-order valence-corrected chi connectivity index (χ2v) is 10.8. The van der Waals surface area contributed by atoms with Crippen LogP contribution < -0.4 is 19.9 Å². The van der Waals surface area contributed by atoms with Crippen molar-refractivity contribution in [2.45, 2.75) is 12.8 Å². The summed E-state index contributed by atoms with van der Waals surface area (Å²) >= 11 is 0. The minimum atomic E-state index is -0.704. The molecular weight excluding hydrogens is 579 g/mol. The first-order chi connectivity index (χ1) is 21.9. The van der Waals surface area contributed by atoms with Gasteiger partial charge in [-0.25, -0.2) is 13.8 Å². The highest BCUT2D eigenvalue weighted by molar-refractivity contribution is 5.88. The van der Waals surface area contributed by atoms with Gasteiger partial charge < -0.3 is 24.1 Å². The molecule has 1 fully saturated rings. The molecule has 0 saturated carbocycles. The first-order valence-corrected chi connectivity index (χ1v) is 14.8. The van der Waals surface area contributed by atoms with Crippen molar-refractivity contribution in [1.82, 2.24) is 19.0 Å². The molecule has 2 aromatic heterocycles. The summed E-state index contributed by atoms with van der Waals surface area (Å²) in [6.45, 7) is 4.82. The van der Waals surface area contributed by atoms with Gasteiger partial charge in [-0.15, -0.1) is 0 Å². The van der Waals surface area contributed by atoms with Crippen molar-refractivity contribution >= 4 is 10.9 Å². The number of rotatable bonds is 11. The Morgan fingerprint density at radius 2 is 1.78 bits per heavy atom. The molecule has 0 radical (unpaired) electrons. The van der Waals surface area contributed by atoms with Crippen LogP contribution in [0.3, 0.4) is 0 Å². The van der Waals surface area contributed by atoms with E-state index in [2.05, 4.69) is 9.88 Å². The van der Waals surface area contributed by atoms with Gasteiger partial charge in [0.05, 0.1) is 43.8 Å². The molecule has 3 aromatic carbocycles. The van der Waals surface area contributed by atoms with E-state index in [1.54, 1.807) is 38.6 Å². The average molecular weight is 615 g/mol. The Bertz CT molecular complexity index is 1850. The van der Waals surface area contributed by atoms with Crippen LogP contribution in [0.4, 0.5) is 4.39 Å². The van der Waals surface area contributed by atoms with E-state index in [9.17, 15) is 9.90 Å². The fourth-order valence-corrected chi connectivity index (χ4v) is 5.47. The van der Waals surface area contributed by atoms with E-state index in [4.69, 9.17) is 18.9 Å². The first-order valence-electron chi connectivity index (χ1n) is 14.8. The molecule has 5 aromatic rings. The lowest BCUT2D eigenvalue weighted by atomic mass is 10.1. The quantitative estimate of drug-likeness (QED) is 0.206. The normalized spacial score (nSPS) is 13.7. The molecule has 1 aliphatic rings. The molecule has 0 unspecified atom stereocenters. The standard InChI is InChI=1S/C34H35FN4O6/c1-37-28(19-23-7-4-3-5-8-23)33(40)39(34(37)41)24-9-10-30(26(35)20-24)45-29-11-12-36-27-22-32(31(42-2)21-25(27)29)44-16-6-13-38-14-17-43-18-15-38/h3-5,7-12,20-22,40H,6,13-19H2,1-2H3. The maximum atomic E-state index is 15.5. The van der Waals surface area contributed by atoms with Gasteiger partial charge in [0, 0.05) is 56.8 Å². The summed E-state index contributed by atoms with van der Waals surface area (Å²) in [5.41, 5.74) is 1.63. The molecule has 3 heterocycles. The Kier molecular flexibility index (Phi) is 8.99. The van der Waals surface area contributed by atoms with Crippen LogP contribution in [0.2, 0.25) is 0 Å². The van der Waals surface area contributed by atoms with E-state index in [1.165, 1.54) is 16.7 Å². The smallest absolute Gasteiger partial charge is 0.335 e. The van der Waals surface area contributed by atoms with Gasteiger partial charge in [-0.1, -0.05) is 30.3 Å². The summed E-state index contributed by atoms with van der Waals surface area (Å²) in [6.07, 6.45) is 2.78. The van der Waals surface area contributed by atoms with Gasteiger partial charge in [0.15, 0.2) is 23.1 Å². The number of hydrogen-bond donors (Lipinski definition) is 1. The van der Waals surface area contributed by atoms with Crippen LogP contribution in [-0.4, -0.2) is 70.7 Å². The average Bonchev–Trinajstić information content (AvgIpc) is 3.27. The van der Waals surface area contributed by atoms with E-state index >= 15 is 4.39 Å². The summed E-state index contributed by atoms with van der Waals surface area (Å²) < 4.78 is 41.0. The molecule has 0 bridgehead atoms. The number of fused-ring (bicyclic) bond motifs is 1. The number of benzene rings is 3. The zero-order valence-electron chi connectivity index (χ0n) is 25.2. The molecule has 1 saturated heterocycles. The molecule has 1 aliphatic heterocycles. The third-order valence-corrected chi connectivity index (χ3v) is 7.93. The van der Waals surface area contributed by atoms with Gasteiger partial charge >= 0.3 is 5.69 Å². The lowest BCUT2D eigenvalue weighted by Crippen LogP contribution is -2.37. The predicted octanol–water partition coefficient (Wildman–Crippen LogP) is 5.06. The highest BCUT2D eigenvalue weighted by Gasteiger charge is 2.21. The van der Waals surface area contributed by atoms with Crippen LogP contribution >= 0.6 is 0 Å². The lowest BCUT2D eigenvalue weighted by Gasteiger charge is -2.26. The summed E-state index contributed by atoms with van der Waals surface area (Å²) in [5.74, 6) is 0.435. The van der Waals surface area contributed by atoms with Crippen LogP contribution in [0.1, 0.15) is 17.7 Å². The summed E-state index contributed by atoms with van der Waals surface area (Å²) in [7, 11) is 3.14. The number of aromatic hydroxyl groups is 1. The van der Waals surface area contributed by atoms with E-state index in [-0.39, 0.29) is 17.3 Å². The number of pyridine rings is 1. The largest absolute Gasteiger partial charge is 0.493 e. The highest BCUT2D eigenvalue weighted by Crippen LogP contribution is 2.38. The van der Waals surface area contributed by atoms with E-state index < -0.39 is 11.5 Å². The summed E-state index contributed by atoms with van der Waals surface area (Å²) in [4.78, 5) is 19.9. The fourth-order valence-electron chi connectivity index (χ4n) is 5.47. The SMILES string of the molecule is COc1cc2c(Oc3ccc(-n4c(O)c(Cc5ccccc5)n(C)c4=O)cc3F)ccnc2cc1OCCCN1CCOCC1. The monoisotopic (exact) mass is 614 g/mol. The molecule has 0 aliphatic carbocycles. The number of morpholine rings is 1. The van der Waals surface area contributed by atoms with Crippen LogP contribution in [0.5, 0.6) is 28.9 Å². The Morgan fingerprint density at radius 3 is 2.53 bits per heavy atom. The van der Waals surface area contributed by atoms with Crippen molar-refractivity contribution in [2.24, 2.45) is 7.05 Å². The molecule has 0 amide bonds. The van der Waals surface area contributed by atoms with Crippen molar-refractivity contribution in [1.29, 1.82) is 0 Å². The molecule has 0 spiro atoms. The van der Waals surface area contributed by atoms with Crippen molar-refractivity contribution in [3.8, 4) is 34.6 Å². The second-order valence-electron chi connectivity index (χ2n) is 10.8. The van der Waals surface area contributed by atoms with Crippen molar-refractivity contribution in [3.05, 3.63) is 100 Å². The second kappa shape index (κ2) is 13.4. The molecule has 10 nitrogen and oxygen atoms in total. The molecule has 6 rings (SSSR count). The third-order valence-electron chi connectivity index (χ3n) is 7.93. The Balaban J connectivity index is 1.20. The van der Waals surface area contributed by atoms with E-state index in [0.717, 1.165) is 55.5 Å². The van der Waals surface area contributed by atoms with Crippen LogP contribution in [0, 0.1) is 5.82 Å². The van der Waals surface area contributed by atoms with Crippen molar-refractivity contribution in [2.75, 3.05) is 46.6 Å². The van der Waals surface area contributed by atoms with E-state index in [0.29, 0.717) is 46.9 Å². The highest BCUT2D eigenvalue weighted by atomic mass is 19.1. The Labute approximate surface area is 259 Å². The molecular formula is C34H35FN4O6. The number of nitrogens with zero attached hydrogens (tertiary/aromatic N) is 4. The van der Waals surface area contributed by atoms with Gasteiger partial charge in [0.25, 0.3) is 0 Å². The van der Waals surface area contributed by atoms with E-state index in [1.807, 2.05) is 30.3 Å². The molecule has 234 valence electrons. The van der Waals surface area contributed by atoms with Gasteiger partial charge in [-0.2, -0.15) is 0 Å². The van der Waals surface area contributed by atoms with Gasteiger partial charge in [-0.3, -0.25) is 14.5 Å². The van der Waals surface area contributed by atoms with Crippen LogP contribution in [0.15, 0.2) is 77.7 Å². The minimum absolute atomic E-state index is 0.0540. The zero-order chi connectivity index (χ0) is 31.3. The molecule has 1 N–H and O–H groups in total. The van der Waals surface area contributed by atoms with Gasteiger partial charge in [-0.05, 0) is 36.2 Å². The summed E-state index contributed by atoms with van der Waals surface area (Å²) in [5, 5.41) is 11.6. The zero-order valence-corrected chi connectivity index (χ0v) is 25.2. The van der Waals surface area contributed by atoms with Gasteiger partial charge in [0.1, 0.15) is 5.75 Å². The number of ether oxygens (including phenoxy) is 4. The number of imidazole rings is 1. The topological polar surface area (TPSA) is 100 Å². The first kappa shape index (κ1) is 30.2. The Morgan fingerprint density at radius 1 is 0.978 bits per heavy atom. The Hall–Kier alpha value is -4.87. The van der Waals surface area contributed by atoms with Crippen LogP contribution in [-0.2, 0) is 18.2 Å². The maximum Gasteiger partial charge on any atom is 0.335 e. The maximum absolute atomic E-state index is 15.5. The molecule has 0 atom stereocenters. The number of aromatic nitrogens is 3. The summed E-state index contributed by atoms with van der Waals surface area (Å²) in [6, 6.07) is 18.8. The number of halogens is 1. The molecule has 45 heavy (non-hydrogen) atoms. The fraction of sp³-hybridized carbons (Fsp3) is 0.294. The number of methoxy groups -OCH3 is 1. The van der Waals surface area contributed by atoms with Crippen molar-refractivity contribution in [3.63, 3.8) is 0 Å². The third kappa shape index (κ3) is 6.50. The molecule has 11 heteroatoms. The van der Waals surface area contributed by atoms with Crippen LogP contribution in [0.25, 0.3) is 16.6 Å². The number of hydrogen-bond acceptors (Lipinski definition) is 8. The lowest BCUT2D eigenvalue weighted by molar-refractivity contribution is 0.0357.